The highest BCUT2D eigenvalue weighted by atomic mass is 14.7. The van der Waals surface area contributed by atoms with Crippen LogP contribution in [0.1, 0.15) is 34.6 Å². The van der Waals surface area contributed by atoms with Gasteiger partial charge in [-0.15, -0.1) is 0 Å². The Morgan fingerprint density at radius 2 is 1.12 bits per heavy atom. The van der Waals surface area contributed by atoms with Crippen molar-refractivity contribution in [3.05, 3.63) is 12.2 Å². The highest BCUT2D eigenvalue weighted by molar-refractivity contribution is 5.09. The number of hydrogen-bond donors (Lipinski definition) is 1. The Kier molecular flexibility index (Phi) is 3.18. The molecule has 0 heterocycles. The summed E-state index contributed by atoms with van der Waals surface area (Å²) in [5, 5.41) is 0. The molecule has 8 unspecified atom stereocenters. The number of rotatable bonds is 0. The van der Waals surface area contributed by atoms with Gasteiger partial charge in [-0.25, -0.2) is 0 Å². The molecule has 0 spiro atoms. The minimum absolute atomic E-state index is 0.386. The van der Waals surface area contributed by atoms with Crippen molar-refractivity contribution in [1.82, 2.24) is 0 Å². The summed E-state index contributed by atoms with van der Waals surface area (Å²) in [4.78, 5) is 0. The molecule has 1 saturated carbocycles. The SMILES string of the molecule is CC1C=CC(C)C2C(C)C(N)C(C)C(C)C12. The molecule has 2 aliphatic carbocycles. The first-order valence-corrected chi connectivity index (χ1v) is 6.89. The molecule has 0 aromatic heterocycles. The average molecular weight is 221 g/mol. The van der Waals surface area contributed by atoms with Gasteiger partial charge in [0, 0.05) is 6.04 Å². The molecule has 0 aromatic carbocycles. The predicted molar refractivity (Wildman–Crippen MR) is 69.9 cm³/mol. The van der Waals surface area contributed by atoms with E-state index in [1.807, 2.05) is 0 Å². The Morgan fingerprint density at radius 1 is 0.688 bits per heavy atom. The topological polar surface area (TPSA) is 26.0 Å². The summed E-state index contributed by atoms with van der Waals surface area (Å²) in [5.74, 6) is 5.16. The van der Waals surface area contributed by atoms with Crippen molar-refractivity contribution in [3.8, 4) is 0 Å². The number of nitrogens with two attached hydrogens (primary N) is 1. The molecular weight excluding hydrogens is 194 g/mol. The standard InChI is InChI=1S/C15H27N/c1-8-6-7-9(2)14-12(5)15(16)11(4)10(3)13(8)14/h6-15H,16H2,1-5H3. The quantitative estimate of drug-likeness (QED) is 0.624. The number of allylic oxidation sites excluding steroid dienone is 2. The van der Waals surface area contributed by atoms with E-state index in [4.69, 9.17) is 5.73 Å². The van der Waals surface area contributed by atoms with E-state index < -0.39 is 0 Å². The van der Waals surface area contributed by atoms with Crippen LogP contribution in [0.5, 0.6) is 0 Å². The minimum atomic E-state index is 0.386. The van der Waals surface area contributed by atoms with Crippen LogP contribution in [-0.4, -0.2) is 6.04 Å². The van der Waals surface area contributed by atoms with Gasteiger partial charge in [-0.1, -0.05) is 46.8 Å². The third-order valence-electron chi connectivity index (χ3n) is 5.63. The van der Waals surface area contributed by atoms with E-state index in [-0.39, 0.29) is 0 Å². The summed E-state index contributed by atoms with van der Waals surface area (Å²) in [7, 11) is 0. The van der Waals surface area contributed by atoms with Crippen LogP contribution in [0.25, 0.3) is 0 Å². The minimum Gasteiger partial charge on any atom is -0.327 e. The van der Waals surface area contributed by atoms with Crippen LogP contribution in [0.2, 0.25) is 0 Å². The molecule has 1 fully saturated rings. The van der Waals surface area contributed by atoms with Crippen LogP contribution < -0.4 is 5.73 Å². The van der Waals surface area contributed by atoms with Crippen LogP contribution in [0.3, 0.4) is 0 Å². The Labute approximate surface area is 100 Å². The second-order valence-electron chi connectivity index (χ2n) is 6.41. The van der Waals surface area contributed by atoms with Crippen LogP contribution in [0.15, 0.2) is 12.2 Å². The van der Waals surface area contributed by atoms with Crippen molar-refractivity contribution in [2.45, 2.75) is 40.7 Å². The maximum Gasteiger partial charge on any atom is 0.00959 e. The summed E-state index contributed by atoms with van der Waals surface area (Å²) in [5.41, 5.74) is 6.40. The second kappa shape index (κ2) is 4.18. The second-order valence-corrected chi connectivity index (χ2v) is 6.41. The maximum absolute atomic E-state index is 6.40. The summed E-state index contributed by atoms with van der Waals surface area (Å²) in [6.07, 6.45) is 4.84. The summed E-state index contributed by atoms with van der Waals surface area (Å²) in [6.45, 7) is 11.9. The van der Waals surface area contributed by atoms with Gasteiger partial charge >= 0.3 is 0 Å². The molecular formula is C15H27N. The van der Waals surface area contributed by atoms with E-state index in [1.54, 1.807) is 0 Å². The lowest BCUT2D eigenvalue weighted by Gasteiger charge is -2.53. The molecule has 2 aliphatic rings. The molecule has 0 radical (unpaired) electrons. The zero-order valence-electron chi connectivity index (χ0n) is 11.4. The van der Waals surface area contributed by atoms with Gasteiger partial charge in [0.2, 0.25) is 0 Å². The van der Waals surface area contributed by atoms with E-state index in [0.717, 1.165) is 23.7 Å². The van der Waals surface area contributed by atoms with Crippen LogP contribution in [-0.2, 0) is 0 Å². The van der Waals surface area contributed by atoms with Gasteiger partial charge in [0.25, 0.3) is 0 Å². The molecule has 2 N–H and O–H groups in total. The molecule has 92 valence electrons. The Bertz CT molecular complexity index is 255. The third-order valence-corrected chi connectivity index (χ3v) is 5.63. The predicted octanol–water partition coefficient (Wildman–Crippen LogP) is 3.31. The van der Waals surface area contributed by atoms with Crippen molar-refractivity contribution in [2.75, 3.05) is 0 Å². The fourth-order valence-corrected chi connectivity index (χ4v) is 4.40. The summed E-state index contributed by atoms with van der Waals surface area (Å²) >= 11 is 0. The summed E-state index contributed by atoms with van der Waals surface area (Å²) < 4.78 is 0. The van der Waals surface area contributed by atoms with E-state index in [9.17, 15) is 0 Å². The number of fused-ring (bicyclic) bond motifs is 1. The van der Waals surface area contributed by atoms with Gasteiger partial charge in [-0.3, -0.25) is 0 Å². The molecule has 2 rings (SSSR count). The normalized spacial score (nSPS) is 57.1. The average Bonchev–Trinajstić information content (AvgIpc) is 2.26. The molecule has 0 amide bonds. The zero-order valence-corrected chi connectivity index (χ0v) is 11.4. The Morgan fingerprint density at radius 3 is 1.62 bits per heavy atom. The highest BCUT2D eigenvalue weighted by Crippen LogP contribution is 2.50. The van der Waals surface area contributed by atoms with E-state index in [2.05, 4.69) is 46.8 Å². The van der Waals surface area contributed by atoms with Crippen molar-refractivity contribution in [2.24, 2.45) is 47.2 Å². The molecule has 0 bridgehead atoms. The molecule has 0 saturated heterocycles. The maximum atomic E-state index is 6.40. The third kappa shape index (κ3) is 1.64. The molecule has 8 atom stereocenters. The van der Waals surface area contributed by atoms with Gasteiger partial charge in [-0.2, -0.15) is 0 Å². The summed E-state index contributed by atoms with van der Waals surface area (Å²) in [6, 6.07) is 0.386. The van der Waals surface area contributed by atoms with Gasteiger partial charge in [-0.05, 0) is 41.4 Å². The first-order chi connectivity index (χ1) is 7.45. The molecule has 16 heavy (non-hydrogen) atoms. The van der Waals surface area contributed by atoms with Crippen molar-refractivity contribution < 1.29 is 0 Å². The Hall–Kier alpha value is -0.300. The zero-order chi connectivity index (χ0) is 12.0. The van der Waals surface area contributed by atoms with Gasteiger partial charge < -0.3 is 5.73 Å². The smallest absolute Gasteiger partial charge is 0.00959 e. The van der Waals surface area contributed by atoms with E-state index in [0.29, 0.717) is 23.8 Å². The first-order valence-electron chi connectivity index (χ1n) is 6.89. The fraction of sp³-hybridized carbons (Fsp3) is 0.867. The lowest BCUT2D eigenvalue weighted by molar-refractivity contribution is -0.00525. The van der Waals surface area contributed by atoms with Crippen LogP contribution in [0, 0.1) is 41.4 Å². The first kappa shape index (κ1) is 12.2. The lowest BCUT2D eigenvalue weighted by Crippen LogP contribution is -2.54. The van der Waals surface area contributed by atoms with Crippen molar-refractivity contribution >= 4 is 0 Å². The van der Waals surface area contributed by atoms with Gasteiger partial charge in [0.05, 0.1) is 0 Å². The monoisotopic (exact) mass is 221 g/mol. The van der Waals surface area contributed by atoms with Gasteiger partial charge in [0.15, 0.2) is 0 Å². The fourth-order valence-electron chi connectivity index (χ4n) is 4.40. The van der Waals surface area contributed by atoms with Crippen LogP contribution in [0.4, 0.5) is 0 Å². The van der Waals surface area contributed by atoms with Crippen molar-refractivity contribution in [3.63, 3.8) is 0 Å². The molecule has 0 aromatic rings. The lowest BCUT2D eigenvalue weighted by atomic mass is 9.53. The molecule has 1 nitrogen and oxygen atoms in total. The molecule has 0 aliphatic heterocycles. The Balaban J connectivity index is 2.34. The van der Waals surface area contributed by atoms with Gasteiger partial charge in [0.1, 0.15) is 0 Å². The van der Waals surface area contributed by atoms with E-state index in [1.165, 1.54) is 0 Å². The van der Waals surface area contributed by atoms with Crippen molar-refractivity contribution in [1.29, 1.82) is 0 Å². The number of hydrogen-bond acceptors (Lipinski definition) is 1. The largest absolute Gasteiger partial charge is 0.327 e. The van der Waals surface area contributed by atoms with E-state index >= 15 is 0 Å². The highest BCUT2D eigenvalue weighted by Gasteiger charge is 2.47. The van der Waals surface area contributed by atoms with Crippen LogP contribution >= 0.6 is 0 Å². The molecule has 1 heteroatoms.